The predicted molar refractivity (Wildman–Crippen MR) is 140 cm³/mol. The van der Waals surface area contributed by atoms with Gasteiger partial charge >= 0.3 is 0 Å². The average molecular weight is 561 g/mol. The predicted octanol–water partition coefficient (Wildman–Crippen LogP) is 1.21. The van der Waals surface area contributed by atoms with E-state index >= 15 is 0 Å². The van der Waals surface area contributed by atoms with Gasteiger partial charge in [-0.25, -0.2) is 30.2 Å². The fraction of sp³-hybridized carbons (Fsp3) is 0.364. The zero-order valence-electron chi connectivity index (χ0n) is 19.8. The number of guanidine groups is 2. The molecule has 2 aromatic heterocycles. The summed E-state index contributed by atoms with van der Waals surface area (Å²) in [5, 5.41) is 34.1. The molecule has 2 aromatic rings. The second-order valence-corrected chi connectivity index (χ2v) is 9.16. The molecule has 0 bridgehead atoms. The number of aromatic nitrogens is 2. The first-order chi connectivity index (χ1) is 18.3. The third-order valence-corrected chi connectivity index (χ3v) is 6.36. The maximum Gasteiger partial charge on any atom is 0.272 e. The van der Waals surface area contributed by atoms with Gasteiger partial charge in [-0.1, -0.05) is 47.2 Å². The van der Waals surface area contributed by atoms with E-state index in [1.807, 2.05) is 12.1 Å². The minimum Gasteiger partial charge on any atom is -0.349 e. The van der Waals surface area contributed by atoms with E-state index in [4.69, 9.17) is 23.2 Å². The third kappa shape index (κ3) is 7.17. The van der Waals surface area contributed by atoms with Gasteiger partial charge in [-0.2, -0.15) is 0 Å². The molecule has 0 aromatic carbocycles. The number of nitro groups is 2. The Morgan fingerprint density at radius 1 is 0.842 bits per heavy atom. The Balaban J connectivity index is 1.47. The zero-order chi connectivity index (χ0) is 27.1. The normalized spacial score (nSPS) is 20.7. The Morgan fingerprint density at radius 2 is 1.26 bits per heavy atom. The molecule has 2 aliphatic rings. The van der Waals surface area contributed by atoms with Crippen molar-refractivity contribution in [3.8, 4) is 11.8 Å². The summed E-state index contributed by atoms with van der Waals surface area (Å²) >= 11 is 11.7. The summed E-state index contributed by atoms with van der Waals surface area (Å²) in [5.41, 5.74) is 1.81. The first-order valence-corrected chi connectivity index (χ1v) is 12.2. The minimum atomic E-state index is -0.762. The second-order valence-electron chi connectivity index (χ2n) is 8.39. The van der Waals surface area contributed by atoms with Gasteiger partial charge in [-0.3, -0.25) is 0 Å². The second kappa shape index (κ2) is 12.3. The van der Waals surface area contributed by atoms with Gasteiger partial charge in [0.15, 0.2) is 10.1 Å². The van der Waals surface area contributed by atoms with Crippen LogP contribution in [-0.2, 0) is 12.8 Å². The molecule has 198 valence electrons. The smallest absolute Gasteiger partial charge is 0.272 e. The molecule has 2 saturated heterocycles. The molecule has 2 fully saturated rings. The monoisotopic (exact) mass is 560 g/mol. The van der Waals surface area contributed by atoms with Crippen molar-refractivity contribution in [3.63, 3.8) is 0 Å². The van der Waals surface area contributed by atoms with Crippen molar-refractivity contribution in [2.24, 2.45) is 10.2 Å². The van der Waals surface area contributed by atoms with Crippen molar-refractivity contribution in [1.29, 1.82) is 0 Å². The van der Waals surface area contributed by atoms with Crippen LogP contribution in [0, 0.1) is 32.1 Å². The van der Waals surface area contributed by atoms with Crippen molar-refractivity contribution < 1.29 is 10.1 Å². The summed E-state index contributed by atoms with van der Waals surface area (Å²) in [4.78, 5) is 33.7. The van der Waals surface area contributed by atoms with Crippen LogP contribution >= 0.6 is 23.2 Å². The van der Waals surface area contributed by atoms with Gasteiger partial charge in [-0.05, 0) is 36.1 Å². The average Bonchev–Trinajstić information content (AvgIpc) is 3.42. The molecule has 2 atom stereocenters. The van der Waals surface area contributed by atoms with Crippen LogP contribution in [0.15, 0.2) is 46.9 Å². The molecular weight excluding hydrogens is 539 g/mol. The number of pyridine rings is 2. The molecule has 0 amide bonds. The maximum atomic E-state index is 11.0. The molecule has 0 aliphatic carbocycles. The molecule has 16 heteroatoms. The van der Waals surface area contributed by atoms with Crippen LogP contribution in [0.5, 0.6) is 0 Å². The molecule has 14 nitrogen and oxygen atoms in total. The van der Waals surface area contributed by atoms with Crippen LogP contribution in [0.4, 0.5) is 0 Å². The van der Waals surface area contributed by atoms with Crippen molar-refractivity contribution in [1.82, 2.24) is 30.4 Å². The van der Waals surface area contributed by atoms with Crippen LogP contribution in [0.25, 0.3) is 0 Å². The lowest BCUT2D eigenvalue weighted by atomic mass is 10.1. The van der Waals surface area contributed by atoms with Gasteiger partial charge in [0, 0.05) is 25.5 Å². The quantitative estimate of drug-likeness (QED) is 0.207. The van der Waals surface area contributed by atoms with Crippen molar-refractivity contribution in [3.05, 3.63) is 78.3 Å². The van der Waals surface area contributed by atoms with Gasteiger partial charge in [0.25, 0.3) is 11.9 Å². The molecule has 0 spiro atoms. The third-order valence-electron chi connectivity index (χ3n) is 5.91. The van der Waals surface area contributed by atoms with E-state index in [1.165, 1.54) is 0 Å². The summed E-state index contributed by atoms with van der Waals surface area (Å²) < 4.78 is 0. The van der Waals surface area contributed by atoms with Gasteiger partial charge in [0.2, 0.25) is 0 Å². The highest BCUT2D eigenvalue weighted by Gasteiger charge is 2.32. The molecule has 0 radical (unpaired) electrons. The fourth-order valence-electron chi connectivity index (χ4n) is 4.18. The summed E-state index contributed by atoms with van der Waals surface area (Å²) in [7, 11) is 0. The summed E-state index contributed by atoms with van der Waals surface area (Å²) in [6.07, 6.45) is 4.40. The van der Waals surface area contributed by atoms with E-state index in [0.717, 1.165) is 11.1 Å². The molecule has 2 unspecified atom stereocenters. The van der Waals surface area contributed by atoms with Crippen molar-refractivity contribution in [2.75, 3.05) is 26.2 Å². The number of halogens is 2. The number of hydrogen-bond donors (Lipinski definition) is 2. The lowest BCUT2D eigenvalue weighted by Crippen LogP contribution is -2.38. The molecule has 4 heterocycles. The van der Waals surface area contributed by atoms with Gasteiger partial charge in [-0.15, -0.1) is 0 Å². The maximum absolute atomic E-state index is 11.0. The van der Waals surface area contributed by atoms with E-state index < -0.39 is 10.1 Å². The molecule has 38 heavy (non-hydrogen) atoms. The van der Waals surface area contributed by atoms with Crippen LogP contribution in [-0.4, -0.2) is 80.0 Å². The van der Waals surface area contributed by atoms with Gasteiger partial charge < -0.3 is 20.4 Å². The summed E-state index contributed by atoms with van der Waals surface area (Å²) in [6, 6.07) is 6.73. The Labute approximate surface area is 227 Å². The van der Waals surface area contributed by atoms with Gasteiger partial charge in [0.1, 0.15) is 20.5 Å². The van der Waals surface area contributed by atoms with E-state index in [2.05, 4.69) is 42.6 Å². The van der Waals surface area contributed by atoms with Crippen LogP contribution in [0.3, 0.4) is 0 Å². The lowest BCUT2D eigenvalue weighted by molar-refractivity contribution is -0.485. The Bertz CT molecular complexity index is 1200. The minimum absolute atomic E-state index is 0.114. The standard InChI is InChI=1S/C22H22Cl2N10O4/c23-19-5-3-15(11-25-19)9-17-13-27-21(29-33(35)36)31(17)7-1-2-8-32-18(14-28-22(32)30-34(37)38)10-16-4-6-20(24)26-12-16/h3-6,11-12,17-18H,7-10,13-14H2,(H,27,29)(H,28,30). The van der Waals surface area contributed by atoms with Crippen molar-refractivity contribution >= 4 is 35.1 Å². The number of rotatable bonds is 8. The Kier molecular flexibility index (Phi) is 8.72. The molecular formula is C22H22Cl2N10O4. The highest BCUT2D eigenvalue weighted by molar-refractivity contribution is 6.29. The highest BCUT2D eigenvalue weighted by Crippen LogP contribution is 2.16. The highest BCUT2D eigenvalue weighted by atomic mass is 35.5. The lowest BCUT2D eigenvalue weighted by Gasteiger charge is -2.22. The van der Waals surface area contributed by atoms with Crippen molar-refractivity contribution in [2.45, 2.75) is 24.9 Å². The Hall–Kier alpha value is -4.22. The number of nitrogens with zero attached hydrogens (tertiary/aromatic N) is 8. The van der Waals surface area contributed by atoms with E-state index in [9.17, 15) is 20.2 Å². The summed E-state index contributed by atoms with van der Waals surface area (Å²) in [5.74, 6) is 6.27. The topological polar surface area (TPSA) is 167 Å². The SMILES string of the molecule is O=[N+]([O-])N=C1NCC(Cc2ccc(Cl)nc2)N1CC#CCN1C(=N[N+](=O)[O-])NCC1Cc1ccc(Cl)nc1. The Morgan fingerprint density at radius 3 is 1.61 bits per heavy atom. The van der Waals surface area contributed by atoms with E-state index in [-0.39, 0.29) is 37.1 Å². The first kappa shape index (κ1) is 26.8. The van der Waals surface area contributed by atoms with E-state index in [0.29, 0.717) is 36.2 Å². The van der Waals surface area contributed by atoms with Crippen LogP contribution in [0.1, 0.15) is 11.1 Å². The molecule has 2 aliphatic heterocycles. The first-order valence-electron chi connectivity index (χ1n) is 11.4. The molecule has 2 N–H and O–H groups in total. The van der Waals surface area contributed by atoms with Crippen LogP contribution < -0.4 is 10.6 Å². The fourth-order valence-corrected chi connectivity index (χ4v) is 4.40. The van der Waals surface area contributed by atoms with Crippen LogP contribution in [0.2, 0.25) is 10.3 Å². The number of nitrogens with one attached hydrogen (secondary N) is 2. The van der Waals surface area contributed by atoms with E-state index in [1.54, 1.807) is 34.3 Å². The molecule has 4 rings (SSSR count). The summed E-state index contributed by atoms with van der Waals surface area (Å²) in [6.45, 7) is 1.17. The van der Waals surface area contributed by atoms with Gasteiger partial charge in [0.05, 0.1) is 25.2 Å². The zero-order valence-corrected chi connectivity index (χ0v) is 21.3. The number of hydrazone groups is 2. The largest absolute Gasteiger partial charge is 0.349 e. The number of hydrogen-bond acceptors (Lipinski definition) is 6. The molecule has 0 saturated carbocycles.